The summed E-state index contributed by atoms with van der Waals surface area (Å²) >= 11 is 3.28. The molecule has 0 saturated heterocycles. The summed E-state index contributed by atoms with van der Waals surface area (Å²) < 4.78 is 13.8. The second-order valence-electron chi connectivity index (χ2n) is 4.50. The molecule has 2 aromatic carbocycles. The van der Waals surface area contributed by atoms with Crippen molar-refractivity contribution < 1.29 is 9.31 Å². The minimum Gasteiger partial charge on any atom is -0.367 e. The fraction of sp³-hybridized carbons (Fsp3) is 0.200. The van der Waals surface area contributed by atoms with Gasteiger partial charge in [-0.1, -0.05) is 18.2 Å². The van der Waals surface area contributed by atoms with Crippen molar-refractivity contribution in [3.05, 3.63) is 68.4 Å². The van der Waals surface area contributed by atoms with Crippen LogP contribution in [0, 0.1) is 15.9 Å². The van der Waals surface area contributed by atoms with E-state index in [9.17, 15) is 14.5 Å². The molecule has 0 atom stereocenters. The average Bonchev–Trinajstić information content (AvgIpc) is 2.46. The third kappa shape index (κ3) is 3.58. The minimum atomic E-state index is -0.425. The van der Waals surface area contributed by atoms with Gasteiger partial charge in [0.25, 0.3) is 5.69 Å². The Kier molecular flexibility index (Phi) is 4.90. The van der Waals surface area contributed by atoms with Crippen LogP contribution in [0.2, 0.25) is 0 Å². The van der Waals surface area contributed by atoms with Gasteiger partial charge in [-0.05, 0) is 46.6 Å². The largest absolute Gasteiger partial charge is 0.367 e. The monoisotopic (exact) mass is 352 g/mol. The van der Waals surface area contributed by atoms with E-state index in [0.29, 0.717) is 17.6 Å². The molecular weight excluding hydrogens is 339 g/mol. The van der Waals surface area contributed by atoms with Gasteiger partial charge in [-0.25, -0.2) is 4.39 Å². The first kappa shape index (κ1) is 15.4. The molecule has 0 N–H and O–H groups in total. The standard InChI is InChI=1S/C15H14BrFN2O2/c1-2-18(13-7-4-6-12(17)9-13)10-11-5-3-8-14(15(11)16)19(20)21/h3-9H,2,10H2,1H3. The number of anilines is 1. The van der Waals surface area contributed by atoms with Crippen LogP contribution in [-0.2, 0) is 6.54 Å². The van der Waals surface area contributed by atoms with Gasteiger partial charge in [-0.3, -0.25) is 10.1 Å². The molecular formula is C15H14BrFN2O2. The first-order valence-electron chi connectivity index (χ1n) is 6.45. The van der Waals surface area contributed by atoms with Gasteiger partial charge >= 0.3 is 0 Å². The highest BCUT2D eigenvalue weighted by atomic mass is 79.9. The van der Waals surface area contributed by atoms with Crippen LogP contribution in [0.3, 0.4) is 0 Å². The molecule has 21 heavy (non-hydrogen) atoms. The fourth-order valence-corrected chi connectivity index (χ4v) is 2.63. The van der Waals surface area contributed by atoms with Gasteiger partial charge < -0.3 is 4.90 Å². The van der Waals surface area contributed by atoms with Crippen molar-refractivity contribution in [2.45, 2.75) is 13.5 Å². The first-order valence-corrected chi connectivity index (χ1v) is 7.24. The number of hydrogen-bond acceptors (Lipinski definition) is 3. The average molecular weight is 353 g/mol. The second kappa shape index (κ2) is 6.67. The summed E-state index contributed by atoms with van der Waals surface area (Å²) in [5, 5.41) is 11.0. The Labute approximate surface area is 130 Å². The van der Waals surface area contributed by atoms with E-state index in [4.69, 9.17) is 0 Å². The zero-order chi connectivity index (χ0) is 15.4. The molecule has 0 heterocycles. The molecule has 2 aromatic rings. The molecule has 4 nitrogen and oxygen atoms in total. The molecule has 0 aliphatic heterocycles. The Hall–Kier alpha value is -1.95. The number of halogens is 2. The van der Waals surface area contributed by atoms with E-state index in [0.717, 1.165) is 11.3 Å². The predicted octanol–water partition coefficient (Wildman–Crippen LogP) is 4.52. The molecule has 0 saturated carbocycles. The molecule has 6 heteroatoms. The van der Waals surface area contributed by atoms with Crippen LogP contribution in [0.15, 0.2) is 46.9 Å². The van der Waals surface area contributed by atoms with Gasteiger partial charge in [0.05, 0.1) is 4.92 Å². The highest BCUT2D eigenvalue weighted by Crippen LogP contribution is 2.30. The van der Waals surface area contributed by atoms with Crippen LogP contribution < -0.4 is 4.90 Å². The van der Waals surface area contributed by atoms with Gasteiger partial charge in [0, 0.05) is 24.8 Å². The SMILES string of the molecule is CCN(Cc1cccc([N+](=O)[O-])c1Br)c1cccc(F)c1. The van der Waals surface area contributed by atoms with Gasteiger partial charge in [0.15, 0.2) is 0 Å². The maximum atomic E-state index is 13.3. The molecule has 0 unspecified atom stereocenters. The summed E-state index contributed by atoms with van der Waals surface area (Å²) in [6.07, 6.45) is 0. The predicted molar refractivity (Wildman–Crippen MR) is 83.9 cm³/mol. The summed E-state index contributed by atoms with van der Waals surface area (Å²) in [4.78, 5) is 12.5. The molecule has 0 fully saturated rings. The van der Waals surface area contributed by atoms with E-state index in [1.54, 1.807) is 12.1 Å². The van der Waals surface area contributed by atoms with Crippen molar-refractivity contribution in [1.29, 1.82) is 0 Å². The highest BCUT2D eigenvalue weighted by Gasteiger charge is 2.16. The number of rotatable bonds is 5. The van der Waals surface area contributed by atoms with E-state index in [1.165, 1.54) is 18.2 Å². The van der Waals surface area contributed by atoms with Crippen molar-refractivity contribution in [3.8, 4) is 0 Å². The Bertz CT molecular complexity index is 664. The third-order valence-corrected chi connectivity index (χ3v) is 4.09. The Morgan fingerprint density at radius 3 is 2.62 bits per heavy atom. The second-order valence-corrected chi connectivity index (χ2v) is 5.29. The zero-order valence-corrected chi connectivity index (χ0v) is 13.0. The lowest BCUT2D eigenvalue weighted by Crippen LogP contribution is -2.22. The number of hydrogen-bond donors (Lipinski definition) is 0. The first-order chi connectivity index (χ1) is 10.0. The fourth-order valence-electron chi connectivity index (χ4n) is 2.09. The van der Waals surface area contributed by atoms with Crippen molar-refractivity contribution in [2.24, 2.45) is 0 Å². The van der Waals surface area contributed by atoms with Crippen LogP contribution in [0.4, 0.5) is 15.8 Å². The Morgan fingerprint density at radius 2 is 2.00 bits per heavy atom. The van der Waals surface area contributed by atoms with Crippen molar-refractivity contribution in [1.82, 2.24) is 0 Å². The van der Waals surface area contributed by atoms with Gasteiger partial charge in [0.2, 0.25) is 0 Å². The van der Waals surface area contributed by atoms with Gasteiger partial charge in [0.1, 0.15) is 10.3 Å². The number of benzene rings is 2. The molecule has 0 radical (unpaired) electrons. The lowest BCUT2D eigenvalue weighted by atomic mass is 10.1. The summed E-state index contributed by atoms with van der Waals surface area (Å²) in [6, 6.07) is 11.2. The van der Waals surface area contributed by atoms with E-state index >= 15 is 0 Å². The zero-order valence-electron chi connectivity index (χ0n) is 11.4. The smallest absolute Gasteiger partial charge is 0.283 e. The van der Waals surface area contributed by atoms with E-state index in [1.807, 2.05) is 24.0 Å². The van der Waals surface area contributed by atoms with Crippen LogP contribution in [0.1, 0.15) is 12.5 Å². The van der Waals surface area contributed by atoms with E-state index in [-0.39, 0.29) is 11.5 Å². The third-order valence-electron chi connectivity index (χ3n) is 3.17. The molecule has 0 aliphatic rings. The Balaban J connectivity index is 2.31. The summed E-state index contributed by atoms with van der Waals surface area (Å²) in [5.41, 5.74) is 1.56. The molecule has 0 aliphatic carbocycles. The van der Waals surface area contributed by atoms with E-state index < -0.39 is 4.92 Å². The number of nitro groups is 1. The summed E-state index contributed by atoms with van der Waals surface area (Å²) in [6.45, 7) is 3.08. The number of nitrogens with zero attached hydrogens (tertiary/aromatic N) is 2. The normalized spacial score (nSPS) is 10.4. The van der Waals surface area contributed by atoms with Crippen molar-refractivity contribution >= 4 is 27.3 Å². The van der Waals surface area contributed by atoms with Crippen LogP contribution in [-0.4, -0.2) is 11.5 Å². The molecule has 0 bridgehead atoms. The summed E-state index contributed by atoms with van der Waals surface area (Å²) in [5.74, 6) is -0.302. The lowest BCUT2D eigenvalue weighted by molar-refractivity contribution is -0.385. The maximum absolute atomic E-state index is 13.3. The minimum absolute atomic E-state index is 0.0304. The molecule has 2 rings (SSSR count). The van der Waals surface area contributed by atoms with E-state index in [2.05, 4.69) is 15.9 Å². The van der Waals surface area contributed by atoms with Gasteiger partial charge in [-0.2, -0.15) is 0 Å². The van der Waals surface area contributed by atoms with Crippen LogP contribution >= 0.6 is 15.9 Å². The number of nitro benzene ring substituents is 1. The van der Waals surface area contributed by atoms with Crippen LogP contribution in [0.25, 0.3) is 0 Å². The van der Waals surface area contributed by atoms with Crippen molar-refractivity contribution in [2.75, 3.05) is 11.4 Å². The molecule has 0 spiro atoms. The molecule has 110 valence electrons. The lowest BCUT2D eigenvalue weighted by Gasteiger charge is -2.23. The van der Waals surface area contributed by atoms with Crippen LogP contribution in [0.5, 0.6) is 0 Å². The Morgan fingerprint density at radius 1 is 1.29 bits per heavy atom. The van der Waals surface area contributed by atoms with Crippen molar-refractivity contribution in [3.63, 3.8) is 0 Å². The quantitative estimate of drug-likeness (QED) is 0.586. The topological polar surface area (TPSA) is 46.4 Å². The summed E-state index contributed by atoms with van der Waals surface area (Å²) in [7, 11) is 0. The highest BCUT2D eigenvalue weighted by molar-refractivity contribution is 9.10. The molecule has 0 aromatic heterocycles. The maximum Gasteiger partial charge on any atom is 0.283 e. The van der Waals surface area contributed by atoms with Gasteiger partial charge in [-0.15, -0.1) is 0 Å². The molecule has 0 amide bonds.